The summed E-state index contributed by atoms with van der Waals surface area (Å²) in [4.78, 5) is 0. The van der Waals surface area contributed by atoms with Crippen molar-refractivity contribution in [2.45, 2.75) is 39.7 Å². The smallest absolute Gasteiger partial charge is 0.111 e. The average Bonchev–Trinajstić information content (AvgIpc) is 2.20. The number of hydrogen-bond donors (Lipinski definition) is 2. The van der Waals surface area contributed by atoms with E-state index in [-0.39, 0.29) is 6.04 Å². The number of hydrogen-bond acceptors (Lipinski definition) is 3. The maximum Gasteiger partial charge on any atom is 0.111 e. The fourth-order valence-electron chi connectivity index (χ4n) is 1.67. The molecule has 2 atom stereocenters. The molecule has 0 spiro atoms. The van der Waals surface area contributed by atoms with Crippen LogP contribution in [-0.2, 0) is 4.74 Å². The van der Waals surface area contributed by atoms with E-state index in [4.69, 9.17) is 10.6 Å². The second-order valence-corrected chi connectivity index (χ2v) is 4.34. The lowest BCUT2D eigenvalue weighted by Crippen LogP contribution is -2.44. The van der Waals surface area contributed by atoms with Crippen molar-refractivity contribution in [2.75, 3.05) is 6.61 Å². The monoisotopic (exact) mass is 198 g/mol. The van der Waals surface area contributed by atoms with Crippen LogP contribution in [0.4, 0.5) is 0 Å². The van der Waals surface area contributed by atoms with Crippen LogP contribution in [0.5, 0.6) is 0 Å². The lowest BCUT2D eigenvalue weighted by molar-refractivity contribution is 0.143. The van der Waals surface area contributed by atoms with E-state index >= 15 is 0 Å². The van der Waals surface area contributed by atoms with E-state index in [1.807, 2.05) is 0 Å². The summed E-state index contributed by atoms with van der Waals surface area (Å²) < 4.78 is 5.62. The van der Waals surface area contributed by atoms with E-state index in [1.54, 1.807) is 0 Å². The summed E-state index contributed by atoms with van der Waals surface area (Å²) in [7, 11) is 0. The summed E-state index contributed by atoms with van der Waals surface area (Å²) in [6.07, 6.45) is 4.39. The van der Waals surface area contributed by atoms with Crippen molar-refractivity contribution in [3.8, 4) is 0 Å². The summed E-state index contributed by atoms with van der Waals surface area (Å²) >= 11 is 0. The Hall–Kier alpha value is -0.540. The van der Waals surface area contributed by atoms with Gasteiger partial charge in [0, 0.05) is 0 Å². The van der Waals surface area contributed by atoms with Gasteiger partial charge in [-0.15, -0.1) is 0 Å². The van der Waals surface area contributed by atoms with Crippen LogP contribution in [0, 0.1) is 11.8 Å². The fourth-order valence-corrected chi connectivity index (χ4v) is 1.67. The maximum absolute atomic E-state index is 5.62. The fraction of sp³-hybridized carbons (Fsp3) is 0.818. The average molecular weight is 198 g/mol. The second-order valence-electron chi connectivity index (χ2n) is 4.34. The number of hydrazine groups is 1. The number of nitrogens with one attached hydrogen (secondary N) is 1. The van der Waals surface area contributed by atoms with Crippen LogP contribution in [-0.4, -0.2) is 12.6 Å². The summed E-state index contributed by atoms with van der Waals surface area (Å²) in [6.45, 7) is 7.44. The zero-order chi connectivity index (χ0) is 10.6. The van der Waals surface area contributed by atoms with Gasteiger partial charge in [0.05, 0.1) is 12.6 Å². The van der Waals surface area contributed by atoms with Crippen molar-refractivity contribution >= 4 is 0 Å². The largest absolute Gasteiger partial charge is 0.497 e. The van der Waals surface area contributed by atoms with E-state index in [2.05, 4.69) is 32.3 Å². The van der Waals surface area contributed by atoms with E-state index in [9.17, 15) is 0 Å². The van der Waals surface area contributed by atoms with Crippen LogP contribution in [0.15, 0.2) is 11.8 Å². The van der Waals surface area contributed by atoms with Gasteiger partial charge in [0.1, 0.15) is 5.76 Å². The molecule has 0 saturated carbocycles. The van der Waals surface area contributed by atoms with E-state index in [1.165, 1.54) is 0 Å². The van der Waals surface area contributed by atoms with Gasteiger partial charge in [-0.25, -0.2) is 5.43 Å². The lowest BCUT2D eigenvalue weighted by Gasteiger charge is -2.30. The van der Waals surface area contributed by atoms with Crippen molar-refractivity contribution in [1.82, 2.24) is 5.43 Å². The highest BCUT2D eigenvalue weighted by atomic mass is 16.5. The summed E-state index contributed by atoms with van der Waals surface area (Å²) in [5, 5.41) is 0. The third-order valence-electron chi connectivity index (χ3n) is 3.03. The van der Waals surface area contributed by atoms with Crippen LogP contribution in [0.2, 0.25) is 0 Å². The highest BCUT2D eigenvalue weighted by molar-refractivity contribution is 5.06. The zero-order valence-corrected chi connectivity index (χ0v) is 9.42. The van der Waals surface area contributed by atoms with Gasteiger partial charge in [-0.1, -0.05) is 20.8 Å². The number of rotatable bonds is 4. The Balaban J connectivity index is 2.64. The lowest BCUT2D eigenvalue weighted by atomic mass is 9.89. The minimum absolute atomic E-state index is 0.162. The SMILES string of the molecule is CC(C)C(C)C(NN)C1=CCCCO1. The molecule has 14 heavy (non-hydrogen) atoms. The quantitative estimate of drug-likeness (QED) is 0.535. The molecular weight excluding hydrogens is 176 g/mol. The van der Waals surface area contributed by atoms with Crippen LogP contribution >= 0.6 is 0 Å². The number of nitrogens with two attached hydrogens (primary N) is 1. The Morgan fingerprint density at radius 3 is 2.57 bits per heavy atom. The van der Waals surface area contributed by atoms with E-state index in [0.717, 1.165) is 25.2 Å². The van der Waals surface area contributed by atoms with Crippen molar-refractivity contribution in [3.05, 3.63) is 11.8 Å². The van der Waals surface area contributed by atoms with Gasteiger partial charge >= 0.3 is 0 Å². The van der Waals surface area contributed by atoms with Crippen molar-refractivity contribution < 1.29 is 4.74 Å². The molecule has 0 bridgehead atoms. The molecule has 0 aromatic heterocycles. The third kappa shape index (κ3) is 2.72. The third-order valence-corrected chi connectivity index (χ3v) is 3.03. The minimum Gasteiger partial charge on any atom is -0.497 e. The highest BCUT2D eigenvalue weighted by Gasteiger charge is 2.24. The van der Waals surface area contributed by atoms with Gasteiger partial charge in [-0.05, 0) is 30.8 Å². The Morgan fingerprint density at radius 2 is 2.14 bits per heavy atom. The summed E-state index contributed by atoms with van der Waals surface area (Å²) in [6, 6.07) is 0.162. The molecule has 0 aliphatic carbocycles. The van der Waals surface area contributed by atoms with Crippen molar-refractivity contribution in [3.63, 3.8) is 0 Å². The first-order chi connectivity index (χ1) is 6.66. The summed E-state index contributed by atoms with van der Waals surface area (Å²) in [5.41, 5.74) is 2.86. The van der Waals surface area contributed by atoms with Crippen LogP contribution < -0.4 is 11.3 Å². The first-order valence-electron chi connectivity index (χ1n) is 5.45. The molecule has 0 aromatic carbocycles. The van der Waals surface area contributed by atoms with Gasteiger partial charge in [-0.3, -0.25) is 5.84 Å². The van der Waals surface area contributed by atoms with Crippen LogP contribution in [0.1, 0.15) is 33.6 Å². The Labute approximate surface area is 86.7 Å². The highest BCUT2D eigenvalue weighted by Crippen LogP contribution is 2.23. The molecule has 2 unspecified atom stereocenters. The van der Waals surface area contributed by atoms with Crippen LogP contribution in [0.3, 0.4) is 0 Å². The Morgan fingerprint density at radius 1 is 1.43 bits per heavy atom. The molecule has 1 aliphatic heterocycles. The molecule has 3 N–H and O–H groups in total. The molecule has 0 saturated heterocycles. The number of allylic oxidation sites excluding steroid dienone is 1. The normalized spacial score (nSPS) is 21.4. The molecule has 0 amide bonds. The van der Waals surface area contributed by atoms with Gasteiger partial charge in [0.15, 0.2) is 0 Å². The molecule has 0 radical (unpaired) electrons. The Kier molecular flexibility index (Phi) is 4.42. The van der Waals surface area contributed by atoms with Crippen LogP contribution in [0.25, 0.3) is 0 Å². The molecule has 0 aromatic rings. The molecule has 3 nitrogen and oxygen atoms in total. The predicted octanol–water partition coefficient (Wildman–Crippen LogP) is 1.80. The second kappa shape index (κ2) is 5.37. The predicted molar refractivity (Wildman–Crippen MR) is 58.4 cm³/mol. The molecule has 3 heteroatoms. The molecular formula is C11H22N2O. The van der Waals surface area contributed by atoms with Gasteiger partial charge < -0.3 is 4.74 Å². The zero-order valence-electron chi connectivity index (χ0n) is 9.42. The van der Waals surface area contributed by atoms with Crippen molar-refractivity contribution in [2.24, 2.45) is 17.7 Å². The topological polar surface area (TPSA) is 47.3 Å². The first kappa shape index (κ1) is 11.5. The van der Waals surface area contributed by atoms with Crippen molar-refractivity contribution in [1.29, 1.82) is 0 Å². The van der Waals surface area contributed by atoms with E-state index < -0.39 is 0 Å². The van der Waals surface area contributed by atoms with E-state index in [0.29, 0.717) is 11.8 Å². The Bertz CT molecular complexity index is 201. The minimum atomic E-state index is 0.162. The maximum atomic E-state index is 5.62. The standard InChI is InChI=1S/C11H22N2O/c1-8(2)9(3)11(13-12)10-6-4-5-7-14-10/h6,8-9,11,13H,4-5,7,12H2,1-3H3. The molecule has 82 valence electrons. The van der Waals surface area contributed by atoms with Gasteiger partial charge in [0.25, 0.3) is 0 Å². The molecule has 1 heterocycles. The molecule has 0 fully saturated rings. The number of ether oxygens (including phenoxy) is 1. The first-order valence-corrected chi connectivity index (χ1v) is 5.45. The summed E-state index contributed by atoms with van der Waals surface area (Å²) in [5.74, 6) is 7.69. The van der Waals surface area contributed by atoms with Gasteiger partial charge in [-0.2, -0.15) is 0 Å². The molecule has 1 aliphatic rings. The van der Waals surface area contributed by atoms with Gasteiger partial charge in [0.2, 0.25) is 0 Å². The molecule has 1 rings (SSSR count).